The van der Waals surface area contributed by atoms with E-state index in [0.29, 0.717) is 6.54 Å². The molecular weight excluding hydrogens is 326 g/mol. The molecular formula is C22H17NO3. The van der Waals surface area contributed by atoms with E-state index in [1.165, 1.54) is 0 Å². The van der Waals surface area contributed by atoms with Crippen LogP contribution in [0.25, 0.3) is 11.1 Å². The summed E-state index contributed by atoms with van der Waals surface area (Å²) in [5.41, 5.74) is 5.96. The SMILES string of the molecule is Cc1cc(N2Cc3ccccc3C2=O)ccc1-c1ccc(C(=O)O)cc1. The van der Waals surface area contributed by atoms with Gasteiger partial charge in [0.15, 0.2) is 0 Å². The molecule has 0 unspecified atom stereocenters. The summed E-state index contributed by atoms with van der Waals surface area (Å²) in [6, 6.07) is 20.4. The van der Waals surface area contributed by atoms with Crippen LogP contribution >= 0.6 is 0 Å². The van der Waals surface area contributed by atoms with E-state index >= 15 is 0 Å². The van der Waals surface area contributed by atoms with Gasteiger partial charge in [0, 0.05) is 11.3 Å². The van der Waals surface area contributed by atoms with Crippen molar-refractivity contribution in [3.05, 3.63) is 89.0 Å². The molecule has 3 aromatic rings. The number of aromatic carboxylic acids is 1. The predicted molar refractivity (Wildman–Crippen MR) is 101 cm³/mol. The molecule has 0 aromatic heterocycles. The molecule has 0 bridgehead atoms. The van der Waals surface area contributed by atoms with Gasteiger partial charge in [0.05, 0.1) is 12.1 Å². The Morgan fingerprint density at radius 2 is 1.69 bits per heavy atom. The smallest absolute Gasteiger partial charge is 0.335 e. The van der Waals surface area contributed by atoms with Gasteiger partial charge in [0.2, 0.25) is 0 Å². The zero-order valence-electron chi connectivity index (χ0n) is 14.3. The second-order valence-corrected chi connectivity index (χ2v) is 6.43. The lowest BCUT2D eigenvalue weighted by Crippen LogP contribution is -2.23. The molecule has 3 aromatic carbocycles. The Labute approximate surface area is 151 Å². The Hall–Kier alpha value is -3.40. The highest BCUT2D eigenvalue weighted by atomic mass is 16.4. The minimum absolute atomic E-state index is 0.0264. The van der Waals surface area contributed by atoms with E-state index < -0.39 is 5.97 Å². The summed E-state index contributed by atoms with van der Waals surface area (Å²) in [6.07, 6.45) is 0. The molecule has 128 valence electrons. The summed E-state index contributed by atoms with van der Waals surface area (Å²) in [7, 11) is 0. The fourth-order valence-corrected chi connectivity index (χ4v) is 3.39. The van der Waals surface area contributed by atoms with Gasteiger partial charge in [-0.15, -0.1) is 0 Å². The number of rotatable bonds is 3. The number of hydrogen-bond acceptors (Lipinski definition) is 2. The molecule has 1 aliphatic heterocycles. The Balaban J connectivity index is 1.65. The van der Waals surface area contributed by atoms with Gasteiger partial charge in [-0.05, 0) is 59.5 Å². The van der Waals surface area contributed by atoms with Crippen LogP contribution in [0, 0.1) is 6.92 Å². The number of carbonyl (C=O) groups excluding carboxylic acids is 1. The molecule has 1 N–H and O–H groups in total. The molecule has 0 atom stereocenters. The molecule has 0 fully saturated rings. The number of aryl methyl sites for hydroxylation is 1. The quantitative estimate of drug-likeness (QED) is 0.760. The maximum absolute atomic E-state index is 12.6. The second kappa shape index (κ2) is 6.15. The molecule has 1 aliphatic rings. The van der Waals surface area contributed by atoms with Crippen LogP contribution in [0.15, 0.2) is 66.7 Å². The van der Waals surface area contributed by atoms with Crippen LogP contribution in [-0.4, -0.2) is 17.0 Å². The Bertz CT molecular complexity index is 1020. The van der Waals surface area contributed by atoms with Crippen molar-refractivity contribution < 1.29 is 14.7 Å². The number of benzene rings is 3. The largest absolute Gasteiger partial charge is 0.478 e. The summed E-state index contributed by atoms with van der Waals surface area (Å²) < 4.78 is 0. The molecule has 1 heterocycles. The highest BCUT2D eigenvalue weighted by Gasteiger charge is 2.28. The lowest BCUT2D eigenvalue weighted by Gasteiger charge is -2.18. The van der Waals surface area contributed by atoms with Crippen molar-refractivity contribution in [2.45, 2.75) is 13.5 Å². The average Bonchev–Trinajstić information content (AvgIpc) is 2.99. The van der Waals surface area contributed by atoms with Crippen molar-refractivity contribution >= 4 is 17.6 Å². The number of hydrogen-bond donors (Lipinski definition) is 1. The third-order valence-electron chi connectivity index (χ3n) is 4.79. The van der Waals surface area contributed by atoms with Gasteiger partial charge in [0.1, 0.15) is 0 Å². The van der Waals surface area contributed by atoms with Crippen molar-refractivity contribution in [2.24, 2.45) is 0 Å². The first kappa shape index (κ1) is 16.1. The van der Waals surface area contributed by atoms with Crippen LogP contribution < -0.4 is 4.90 Å². The summed E-state index contributed by atoms with van der Waals surface area (Å²) in [5.74, 6) is -0.908. The molecule has 0 radical (unpaired) electrons. The highest BCUT2D eigenvalue weighted by molar-refractivity contribution is 6.10. The van der Waals surface area contributed by atoms with E-state index in [1.807, 2.05) is 61.5 Å². The fourth-order valence-electron chi connectivity index (χ4n) is 3.39. The van der Waals surface area contributed by atoms with Crippen molar-refractivity contribution in [1.82, 2.24) is 0 Å². The maximum Gasteiger partial charge on any atom is 0.335 e. The topological polar surface area (TPSA) is 57.6 Å². The Morgan fingerprint density at radius 3 is 2.35 bits per heavy atom. The minimum Gasteiger partial charge on any atom is -0.478 e. The first-order valence-corrected chi connectivity index (χ1v) is 8.39. The van der Waals surface area contributed by atoms with Crippen LogP contribution in [-0.2, 0) is 6.54 Å². The molecule has 0 saturated heterocycles. The van der Waals surface area contributed by atoms with E-state index in [0.717, 1.165) is 33.5 Å². The van der Waals surface area contributed by atoms with Crippen molar-refractivity contribution in [3.8, 4) is 11.1 Å². The van der Waals surface area contributed by atoms with Crippen molar-refractivity contribution in [3.63, 3.8) is 0 Å². The number of carboxylic acids is 1. The zero-order valence-corrected chi connectivity index (χ0v) is 14.3. The number of nitrogens with zero attached hydrogens (tertiary/aromatic N) is 1. The third-order valence-corrected chi connectivity index (χ3v) is 4.79. The van der Waals surface area contributed by atoms with E-state index in [-0.39, 0.29) is 11.5 Å². The van der Waals surface area contributed by atoms with Crippen molar-refractivity contribution in [1.29, 1.82) is 0 Å². The average molecular weight is 343 g/mol. The number of carboxylic acid groups (broad SMARTS) is 1. The van der Waals surface area contributed by atoms with Crippen LogP contribution in [0.2, 0.25) is 0 Å². The van der Waals surface area contributed by atoms with Crippen LogP contribution in [0.5, 0.6) is 0 Å². The second-order valence-electron chi connectivity index (χ2n) is 6.43. The monoisotopic (exact) mass is 343 g/mol. The summed E-state index contributed by atoms with van der Waals surface area (Å²) in [4.78, 5) is 25.4. The van der Waals surface area contributed by atoms with Crippen LogP contribution in [0.1, 0.15) is 31.8 Å². The fraction of sp³-hybridized carbons (Fsp3) is 0.0909. The standard InChI is InChI=1S/C22H17NO3/c1-14-12-18(23-13-17-4-2-3-5-20(17)21(23)24)10-11-19(14)15-6-8-16(9-7-15)22(25)26/h2-12H,13H2,1H3,(H,25,26). The molecule has 0 saturated carbocycles. The molecule has 0 spiro atoms. The van der Waals surface area contributed by atoms with Gasteiger partial charge in [-0.3, -0.25) is 4.79 Å². The zero-order chi connectivity index (χ0) is 18.3. The first-order valence-electron chi connectivity index (χ1n) is 8.39. The summed E-state index contributed by atoms with van der Waals surface area (Å²) in [6.45, 7) is 2.58. The molecule has 0 aliphatic carbocycles. The van der Waals surface area contributed by atoms with Crippen LogP contribution in [0.4, 0.5) is 5.69 Å². The molecule has 1 amide bonds. The molecule has 4 nitrogen and oxygen atoms in total. The van der Waals surface area contributed by atoms with Gasteiger partial charge in [-0.2, -0.15) is 0 Å². The lowest BCUT2D eigenvalue weighted by molar-refractivity contribution is 0.0696. The van der Waals surface area contributed by atoms with Gasteiger partial charge in [-0.25, -0.2) is 4.79 Å². The molecule has 4 rings (SSSR count). The predicted octanol–water partition coefficient (Wildman–Crippen LogP) is 4.52. The summed E-state index contributed by atoms with van der Waals surface area (Å²) in [5, 5.41) is 9.02. The third kappa shape index (κ3) is 2.65. The Morgan fingerprint density at radius 1 is 0.962 bits per heavy atom. The minimum atomic E-state index is -0.935. The number of anilines is 1. The number of fused-ring (bicyclic) bond motifs is 1. The first-order chi connectivity index (χ1) is 12.5. The normalized spacial score (nSPS) is 13.0. The maximum atomic E-state index is 12.6. The number of amides is 1. The van der Waals surface area contributed by atoms with Gasteiger partial charge < -0.3 is 10.0 Å². The van der Waals surface area contributed by atoms with E-state index in [1.54, 1.807) is 17.0 Å². The van der Waals surface area contributed by atoms with Gasteiger partial charge in [0.25, 0.3) is 5.91 Å². The van der Waals surface area contributed by atoms with E-state index in [4.69, 9.17) is 5.11 Å². The highest BCUT2D eigenvalue weighted by Crippen LogP contribution is 2.32. The van der Waals surface area contributed by atoms with E-state index in [2.05, 4.69) is 0 Å². The number of carbonyl (C=O) groups is 2. The Kier molecular flexibility index (Phi) is 3.81. The van der Waals surface area contributed by atoms with E-state index in [9.17, 15) is 9.59 Å². The van der Waals surface area contributed by atoms with Crippen LogP contribution in [0.3, 0.4) is 0 Å². The molecule has 26 heavy (non-hydrogen) atoms. The summed E-state index contributed by atoms with van der Waals surface area (Å²) >= 11 is 0. The van der Waals surface area contributed by atoms with Crippen molar-refractivity contribution in [2.75, 3.05) is 4.90 Å². The molecule has 4 heteroatoms. The van der Waals surface area contributed by atoms with Gasteiger partial charge in [-0.1, -0.05) is 36.4 Å². The lowest BCUT2D eigenvalue weighted by atomic mass is 9.98. The van der Waals surface area contributed by atoms with Gasteiger partial charge >= 0.3 is 5.97 Å².